The molecule has 2 heterocycles. The van der Waals surface area contributed by atoms with Crippen molar-refractivity contribution < 1.29 is 14.1 Å². The summed E-state index contributed by atoms with van der Waals surface area (Å²) >= 11 is 0. The number of amides is 2. The first-order valence-electron chi connectivity index (χ1n) is 8.81. The van der Waals surface area contributed by atoms with Crippen LogP contribution in [0.3, 0.4) is 0 Å². The molecule has 0 atom stereocenters. The zero-order valence-electron chi connectivity index (χ0n) is 15.2. The Bertz CT molecular complexity index is 781. The van der Waals surface area contributed by atoms with E-state index >= 15 is 0 Å². The molecular formula is C19H24N4O3. The first-order chi connectivity index (χ1) is 12.5. The molecule has 0 aliphatic carbocycles. The number of aryl methyl sites for hydroxylation is 1. The minimum Gasteiger partial charge on any atom is -0.360 e. The molecule has 0 spiro atoms. The van der Waals surface area contributed by atoms with E-state index in [9.17, 15) is 9.59 Å². The van der Waals surface area contributed by atoms with Gasteiger partial charge in [-0.1, -0.05) is 17.3 Å². The Morgan fingerprint density at radius 2 is 2.04 bits per heavy atom. The highest BCUT2D eigenvalue weighted by atomic mass is 16.5. The molecule has 1 aromatic carbocycles. The summed E-state index contributed by atoms with van der Waals surface area (Å²) < 4.78 is 4.91. The van der Waals surface area contributed by atoms with E-state index in [0.717, 1.165) is 25.2 Å². The van der Waals surface area contributed by atoms with Crippen LogP contribution in [0.2, 0.25) is 0 Å². The van der Waals surface area contributed by atoms with Crippen molar-refractivity contribution in [3.05, 3.63) is 47.2 Å². The van der Waals surface area contributed by atoms with Gasteiger partial charge in [0.1, 0.15) is 5.76 Å². The lowest BCUT2D eigenvalue weighted by Gasteiger charge is -2.18. The fourth-order valence-electron chi connectivity index (χ4n) is 3.12. The Morgan fingerprint density at radius 1 is 1.27 bits per heavy atom. The zero-order valence-corrected chi connectivity index (χ0v) is 15.2. The third kappa shape index (κ3) is 4.70. The molecular weight excluding hydrogens is 332 g/mol. The third-order valence-electron chi connectivity index (χ3n) is 4.40. The maximum absolute atomic E-state index is 12.6. The number of carbonyl (C=O) groups excluding carboxylic acids is 2. The monoisotopic (exact) mass is 356 g/mol. The molecule has 3 rings (SSSR count). The fraction of sp³-hybridized carbons (Fsp3) is 0.421. The van der Waals surface area contributed by atoms with Gasteiger partial charge in [0, 0.05) is 25.2 Å². The molecule has 1 N–H and O–H groups in total. The Labute approximate surface area is 152 Å². The van der Waals surface area contributed by atoms with Gasteiger partial charge in [-0.2, -0.15) is 0 Å². The molecule has 138 valence electrons. The van der Waals surface area contributed by atoms with E-state index in [2.05, 4.69) is 15.4 Å². The minimum atomic E-state index is -0.317. The number of hydrogen-bond acceptors (Lipinski definition) is 5. The molecule has 7 heteroatoms. The summed E-state index contributed by atoms with van der Waals surface area (Å²) in [6.45, 7) is 4.77. The van der Waals surface area contributed by atoms with Crippen LogP contribution in [0.1, 0.15) is 34.5 Å². The Kier molecular flexibility index (Phi) is 5.68. The predicted octanol–water partition coefficient (Wildman–Crippen LogP) is 2.29. The van der Waals surface area contributed by atoms with Gasteiger partial charge in [0.25, 0.3) is 5.91 Å². The number of hydrogen-bond donors (Lipinski definition) is 1. The van der Waals surface area contributed by atoms with Gasteiger partial charge in [0.2, 0.25) is 5.91 Å². The maximum Gasteiger partial charge on any atom is 0.254 e. The average Bonchev–Trinajstić information content (AvgIpc) is 3.26. The van der Waals surface area contributed by atoms with Crippen LogP contribution in [0.15, 0.2) is 34.9 Å². The molecule has 1 aromatic heterocycles. The summed E-state index contributed by atoms with van der Waals surface area (Å²) in [5.74, 6) is 0.461. The van der Waals surface area contributed by atoms with Crippen LogP contribution in [-0.4, -0.2) is 53.5 Å². The molecule has 2 aromatic rings. The standard InChI is InChI=1S/C19H24N4O3/c1-14-10-17(21-26-14)20-18(24)13-22(2)19(25)16-7-5-6-15(11-16)12-23-8-3-4-9-23/h5-7,10-11H,3-4,8-9,12-13H2,1-2H3,(H,20,21,24). The van der Waals surface area contributed by atoms with Gasteiger partial charge in [-0.15, -0.1) is 0 Å². The molecule has 7 nitrogen and oxygen atoms in total. The van der Waals surface area contributed by atoms with Crippen LogP contribution in [-0.2, 0) is 11.3 Å². The van der Waals surface area contributed by atoms with Crippen LogP contribution in [0.4, 0.5) is 5.82 Å². The number of carbonyl (C=O) groups is 2. The molecule has 0 unspecified atom stereocenters. The predicted molar refractivity (Wildman–Crippen MR) is 97.8 cm³/mol. The Balaban J connectivity index is 1.57. The van der Waals surface area contributed by atoms with Gasteiger partial charge in [-0.05, 0) is 50.6 Å². The first-order valence-corrected chi connectivity index (χ1v) is 8.81. The number of likely N-dealkylation sites (N-methyl/N-ethyl adjacent to an activating group) is 1. The summed E-state index contributed by atoms with van der Waals surface area (Å²) in [5.41, 5.74) is 1.71. The smallest absolute Gasteiger partial charge is 0.254 e. The summed E-state index contributed by atoms with van der Waals surface area (Å²) in [6, 6.07) is 9.25. The third-order valence-corrected chi connectivity index (χ3v) is 4.40. The van der Waals surface area contributed by atoms with Gasteiger partial charge in [0.05, 0.1) is 6.54 Å². The maximum atomic E-state index is 12.6. The molecule has 1 aliphatic rings. The van der Waals surface area contributed by atoms with E-state index in [1.807, 2.05) is 18.2 Å². The highest BCUT2D eigenvalue weighted by molar-refractivity contribution is 5.99. The van der Waals surface area contributed by atoms with Gasteiger partial charge in [-0.3, -0.25) is 14.5 Å². The molecule has 1 fully saturated rings. The molecule has 26 heavy (non-hydrogen) atoms. The zero-order chi connectivity index (χ0) is 18.5. The van der Waals surface area contributed by atoms with Crippen LogP contribution < -0.4 is 5.32 Å². The van der Waals surface area contributed by atoms with Crippen molar-refractivity contribution in [1.29, 1.82) is 0 Å². The number of nitrogens with one attached hydrogen (secondary N) is 1. The van der Waals surface area contributed by atoms with E-state index in [0.29, 0.717) is 17.1 Å². The summed E-state index contributed by atoms with van der Waals surface area (Å²) in [4.78, 5) is 28.5. The molecule has 0 saturated carbocycles. The average molecular weight is 356 g/mol. The van der Waals surface area contributed by atoms with E-state index in [1.165, 1.54) is 17.7 Å². The van der Waals surface area contributed by atoms with Crippen molar-refractivity contribution in [2.75, 3.05) is 32.0 Å². The number of likely N-dealkylation sites (tertiary alicyclic amines) is 1. The molecule has 2 amide bonds. The number of rotatable bonds is 6. The lowest BCUT2D eigenvalue weighted by molar-refractivity contribution is -0.116. The van der Waals surface area contributed by atoms with E-state index in [4.69, 9.17) is 4.52 Å². The normalized spacial score (nSPS) is 14.4. The van der Waals surface area contributed by atoms with E-state index in [1.54, 1.807) is 26.1 Å². The second-order valence-electron chi connectivity index (χ2n) is 6.72. The number of nitrogens with zero attached hydrogens (tertiary/aromatic N) is 3. The molecule has 1 saturated heterocycles. The van der Waals surface area contributed by atoms with Crippen molar-refractivity contribution in [3.8, 4) is 0 Å². The van der Waals surface area contributed by atoms with Gasteiger partial charge >= 0.3 is 0 Å². The topological polar surface area (TPSA) is 78.7 Å². The summed E-state index contributed by atoms with van der Waals surface area (Å²) in [6.07, 6.45) is 2.48. The Morgan fingerprint density at radius 3 is 2.73 bits per heavy atom. The SMILES string of the molecule is Cc1cc(NC(=O)CN(C)C(=O)c2cccc(CN3CCCC3)c2)no1. The molecule has 0 bridgehead atoms. The van der Waals surface area contributed by atoms with Crippen molar-refractivity contribution in [1.82, 2.24) is 15.0 Å². The second-order valence-corrected chi connectivity index (χ2v) is 6.72. The quantitative estimate of drug-likeness (QED) is 0.859. The number of anilines is 1. The highest BCUT2D eigenvalue weighted by Crippen LogP contribution is 2.15. The van der Waals surface area contributed by atoms with Crippen molar-refractivity contribution in [2.24, 2.45) is 0 Å². The van der Waals surface area contributed by atoms with Gasteiger partial charge in [0.15, 0.2) is 5.82 Å². The van der Waals surface area contributed by atoms with Gasteiger partial charge < -0.3 is 14.7 Å². The fourth-order valence-corrected chi connectivity index (χ4v) is 3.12. The minimum absolute atomic E-state index is 0.0545. The number of aromatic nitrogens is 1. The highest BCUT2D eigenvalue weighted by Gasteiger charge is 2.17. The molecule has 0 radical (unpaired) electrons. The summed E-state index contributed by atoms with van der Waals surface area (Å²) in [7, 11) is 1.61. The van der Waals surface area contributed by atoms with Crippen LogP contribution >= 0.6 is 0 Å². The lowest BCUT2D eigenvalue weighted by Crippen LogP contribution is -2.35. The van der Waals surface area contributed by atoms with Crippen molar-refractivity contribution >= 4 is 17.6 Å². The van der Waals surface area contributed by atoms with Gasteiger partial charge in [-0.25, -0.2) is 0 Å². The van der Waals surface area contributed by atoms with E-state index < -0.39 is 0 Å². The van der Waals surface area contributed by atoms with Crippen LogP contribution in [0.5, 0.6) is 0 Å². The lowest BCUT2D eigenvalue weighted by atomic mass is 10.1. The largest absolute Gasteiger partial charge is 0.360 e. The number of benzene rings is 1. The van der Waals surface area contributed by atoms with Crippen LogP contribution in [0.25, 0.3) is 0 Å². The van der Waals surface area contributed by atoms with Crippen LogP contribution in [0, 0.1) is 6.92 Å². The molecule has 1 aliphatic heterocycles. The summed E-state index contributed by atoms with van der Waals surface area (Å²) in [5, 5.41) is 6.33. The van der Waals surface area contributed by atoms with Crippen molar-refractivity contribution in [3.63, 3.8) is 0 Å². The Hall–Kier alpha value is -2.67. The first kappa shape index (κ1) is 18.1. The van der Waals surface area contributed by atoms with E-state index in [-0.39, 0.29) is 18.4 Å². The van der Waals surface area contributed by atoms with Crippen molar-refractivity contribution in [2.45, 2.75) is 26.3 Å². The second kappa shape index (κ2) is 8.14.